The molecule has 1 heterocycles. The minimum atomic E-state index is 0. The first-order valence-corrected chi connectivity index (χ1v) is 11.2. The Balaban J connectivity index is 0.00000306. The largest absolute Gasteiger partial charge is 0.493 e. The van der Waals surface area contributed by atoms with Crippen LogP contribution in [0.3, 0.4) is 0 Å². The van der Waals surface area contributed by atoms with Crippen LogP contribution in [-0.2, 0) is 24.3 Å². The van der Waals surface area contributed by atoms with E-state index in [9.17, 15) is 4.79 Å². The number of rotatable bonds is 6. The molecule has 1 saturated carbocycles. The minimum absolute atomic E-state index is 0. The molecule has 8 heteroatoms. The molecule has 0 unspecified atom stereocenters. The number of halogens is 1. The van der Waals surface area contributed by atoms with Gasteiger partial charge in [-0.05, 0) is 60.2 Å². The first-order valence-electron chi connectivity index (χ1n) is 11.2. The number of guanidine groups is 1. The SMILES string of the molecule is CN=C(NCc1cccc(NC(=O)C2CCC2)c1)N1CCc2cc(OC)c(OC)cc2C1.I. The van der Waals surface area contributed by atoms with Gasteiger partial charge in [0.2, 0.25) is 5.91 Å². The fraction of sp³-hybridized carbons (Fsp3) is 0.440. The van der Waals surface area contributed by atoms with Gasteiger partial charge in [-0.3, -0.25) is 9.79 Å². The van der Waals surface area contributed by atoms with Crippen molar-refractivity contribution in [2.45, 2.75) is 38.8 Å². The maximum absolute atomic E-state index is 12.2. The molecule has 0 radical (unpaired) electrons. The molecular formula is C25H33IN4O3. The summed E-state index contributed by atoms with van der Waals surface area (Å²) in [5, 5.41) is 6.52. The maximum atomic E-state index is 12.2. The lowest BCUT2D eigenvalue weighted by molar-refractivity contribution is -0.122. The summed E-state index contributed by atoms with van der Waals surface area (Å²) in [6.45, 7) is 2.27. The number of hydrogen-bond acceptors (Lipinski definition) is 4. The lowest BCUT2D eigenvalue weighted by Crippen LogP contribution is -2.43. The number of benzene rings is 2. The molecule has 1 fully saturated rings. The summed E-state index contributed by atoms with van der Waals surface area (Å²) >= 11 is 0. The lowest BCUT2D eigenvalue weighted by atomic mass is 9.85. The summed E-state index contributed by atoms with van der Waals surface area (Å²) in [4.78, 5) is 19.0. The second-order valence-corrected chi connectivity index (χ2v) is 8.37. The minimum Gasteiger partial charge on any atom is -0.493 e. The summed E-state index contributed by atoms with van der Waals surface area (Å²) in [6.07, 6.45) is 4.07. The molecule has 7 nitrogen and oxygen atoms in total. The molecule has 1 aliphatic heterocycles. The molecule has 0 atom stereocenters. The van der Waals surface area contributed by atoms with Gasteiger partial charge < -0.3 is 25.0 Å². The molecular weight excluding hydrogens is 531 g/mol. The molecule has 1 aliphatic carbocycles. The highest BCUT2D eigenvalue weighted by Gasteiger charge is 2.25. The predicted octanol–water partition coefficient (Wildman–Crippen LogP) is 4.19. The standard InChI is InChI=1S/C25H32N4O3.HI/c1-26-25(29-11-10-19-13-22(31-2)23(32-3)14-20(19)16-29)27-15-17-6-4-9-21(12-17)28-24(30)18-7-5-8-18;/h4,6,9,12-14,18H,5,7-8,10-11,15-16H2,1-3H3,(H,26,27)(H,28,30);1H. The van der Waals surface area contributed by atoms with Gasteiger partial charge in [-0.15, -0.1) is 24.0 Å². The van der Waals surface area contributed by atoms with E-state index in [4.69, 9.17) is 9.47 Å². The van der Waals surface area contributed by atoms with Crippen LogP contribution in [0.4, 0.5) is 5.69 Å². The van der Waals surface area contributed by atoms with Crippen LogP contribution >= 0.6 is 24.0 Å². The lowest BCUT2D eigenvalue weighted by Gasteiger charge is -2.32. The molecule has 2 N–H and O–H groups in total. The van der Waals surface area contributed by atoms with Crippen LogP contribution in [0.5, 0.6) is 11.5 Å². The number of nitrogens with zero attached hydrogens (tertiary/aromatic N) is 2. The molecule has 2 aliphatic rings. The van der Waals surface area contributed by atoms with E-state index < -0.39 is 0 Å². The van der Waals surface area contributed by atoms with Crippen LogP contribution in [0, 0.1) is 5.92 Å². The van der Waals surface area contributed by atoms with Gasteiger partial charge in [0.25, 0.3) is 0 Å². The first kappa shape index (κ1) is 25.1. The van der Waals surface area contributed by atoms with Gasteiger partial charge in [-0.1, -0.05) is 18.6 Å². The molecule has 0 aromatic heterocycles. The van der Waals surface area contributed by atoms with E-state index in [2.05, 4.69) is 38.7 Å². The highest BCUT2D eigenvalue weighted by molar-refractivity contribution is 14.0. The van der Waals surface area contributed by atoms with Crippen molar-refractivity contribution in [1.29, 1.82) is 0 Å². The zero-order chi connectivity index (χ0) is 22.5. The molecule has 0 saturated heterocycles. The molecule has 0 bridgehead atoms. The van der Waals surface area contributed by atoms with Gasteiger partial charge in [0.1, 0.15) is 0 Å². The Morgan fingerprint density at radius 3 is 2.48 bits per heavy atom. The Morgan fingerprint density at radius 1 is 1.12 bits per heavy atom. The third kappa shape index (κ3) is 5.90. The Bertz CT molecular complexity index is 1010. The quantitative estimate of drug-likeness (QED) is 0.313. The van der Waals surface area contributed by atoms with Gasteiger partial charge in [0, 0.05) is 38.3 Å². The Morgan fingerprint density at radius 2 is 1.85 bits per heavy atom. The molecule has 2 aromatic rings. The summed E-state index contributed by atoms with van der Waals surface area (Å²) in [6, 6.07) is 12.1. The highest BCUT2D eigenvalue weighted by Crippen LogP contribution is 2.33. The van der Waals surface area contributed by atoms with Crippen LogP contribution in [-0.4, -0.2) is 44.6 Å². The van der Waals surface area contributed by atoms with Crippen molar-refractivity contribution in [3.05, 3.63) is 53.1 Å². The molecule has 178 valence electrons. The maximum Gasteiger partial charge on any atom is 0.227 e. The van der Waals surface area contributed by atoms with Crippen molar-refractivity contribution in [3.63, 3.8) is 0 Å². The van der Waals surface area contributed by atoms with Crippen molar-refractivity contribution in [2.75, 3.05) is 33.1 Å². The van der Waals surface area contributed by atoms with E-state index in [1.807, 2.05) is 25.2 Å². The summed E-state index contributed by atoms with van der Waals surface area (Å²) in [7, 11) is 5.13. The zero-order valence-electron chi connectivity index (χ0n) is 19.5. The predicted molar refractivity (Wildman–Crippen MR) is 142 cm³/mol. The number of carbonyl (C=O) groups excluding carboxylic acids is 1. The summed E-state index contributed by atoms with van der Waals surface area (Å²) in [5.41, 5.74) is 4.45. The number of fused-ring (bicyclic) bond motifs is 1. The van der Waals surface area contributed by atoms with Crippen molar-refractivity contribution in [1.82, 2.24) is 10.2 Å². The molecule has 2 aromatic carbocycles. The van der Waals surface area contributed by atoms with Crippen LogP contribution in [0.2, 0.25) is 0 Å². The average Bonchev–Trinajstić information content (AvgIpc) is 2.77. The van der Waals surface area contributed by atoms with Crippen molar-refractivity contribution in [2.24, 2.45) is 10.9 Å². The number of nitrogens with one attached hydrogen (secondary N) is 2. The zero-order valence-corrected chi connectivity index (χ0v) is 21.8. The fourth-order valence-corrected chi connectivity index (χ4v) is 4.25. The summed E-state index contributed by atoms with van der Waals surface area (Å²) in [5.74, 6) is 2.69. The number of ether oxygens (including phenoxy) is 2. The smallest absolute Gasteiger partial charge is 0.227 e. The van der Waals surface area contributed by atoms with Gasteiger partial charge in [-0.25, -0.2) is 0 Å². The second-order valence-electron chi connectivity index (χ2n) is 8.37. The van der Waals surface area contributed by atoms with E-state index in [0.717, 1.165) is 67.5 Å². The highest BCUT2D eigenvalue weighted by atomic mass is 127. The van der Waals surface area contributed by atoms with E-state index >= 15 is 0 Å². The number of anilines is 1. The van der Waals surface area contributed by atoms with Gasteiger partial charge in [0.05, 0.1) is 14.2 Å². The van der Waals surface area contributed by atoms with Crippen LogP contribution < -0.4 is 20.1 Å². The van der Waals surface area contributed by atoms with E-state index in [1.165, 1.54) is 11.1 Å². The third-order valence-corrected chi connectivity index (χ3v) is 6.35. The Hall–Kier alpha value is -2.49. The number of aliphatic imine (C=N–C) groups is 1. The van der Waals surface area contributed by atoms with Crippen molar-refractivity contribution < 1.29 is 14.3 Å². The van der Waals surface area contributed by atoms with Crippen LogP contribution in [0.25, 0.3) is 0 Å². The summed E-state index contributed by atoms with van der Waals surface area (Å²) < 4.78 is 10.9. The Kier molecular flexibility index (Phi) is 8.82. The normalized spacial score (nSPS) is 15.6. The number of carbonyl (C=O) groups is 1. The molecule has 0 spiro atoms. The van der Waals surface area contributed by atoms with Crippen LogP contribution in [0.1, 0.15) is 36.0 Å². The van der Waals surface area contributed by atoms with Crippen molar-refractivity contribution in [3.8, 4) is 11.5 Å². The number of hydrogen-bond donors (Lipinski definition) is 2. The molecule has 1 amide bonds. The van der Waals surface area contributed by atoms with Crippen molar-refractivity contribution >= 4 is 41.5 Å². The topological polar surface area (TPSA) is 75.2 Å². The average molecular weight is 564 g/mol. The molecule has 4 rings (SSSR count). The van der Waals surface area contributed by atoms with Gasteiger partial charge in [0.15, 0.2) is 17.5 Å². The number of methoxy groups -OCH3 is 2. The monoisotopic (exact) mass is 564 g/mol. The van der Waals surface area contributed by atoms with E-state index in [0.29, 0.717) is 6.54 Å². The number of amides is 1. The van der Waals surface area contributed by atoms with Crippen LogP contribution in [0.15, 0.2) is 41.4 Å². The van der Waals surface area contributed by atoms with E-state index in [1.54, 1.807) is 14.2 Å². The van der Waals surface area contributed by atoms with Gasteiger partial charge in [-0.2, -0.15) is 0 Å². The van der Waals surface area contributed by atoms with Gasteiger partial charge >= 0.3 is 0 Å². The molecule has 33 heavy (non-hydrogen) atoms. The first-order chi connectivity index (χ1) is 15.6. The fourth-order valence-electron chi connectivity index (χ4n) is 4.25. The Labute approximate surface area is 213 Å². The third-order valence-electron chi connectivity index (χ3n) is 6.35. The van der Waals surface area contributed by atoms with E-state index in [-0.39, 0.29) is 35.8 Å². The second kappa shape index (κ2) is 11.6.